The first-order valence-corrected chi connectivity index (χ1v) is 9.73. The van der Waals surface area contributed by atoms with Crippen LogP contribution in [-0.4, -0.2) is 106 Å². The SMILES string of the molecule is COc1cc(CN2C[C@H](O)[C@@H](N3CCOCC3)C2)ccc1OCCN(C)C. The lowest BCUT2D eigenvalue weighted by Gasteiger charge is -2.33. The molecule has 0 radical (unpaired) electrons. The Kier molecular flexibility index (Phi) is 7.32. The van der Waals surface area contributed by atoms with Gasteiger partial charge in [0.15, 0.2) is 11.5 Å². The highest BCUT2D eigenvalue weighted by Gasteiger charge is 2.35. The van der Waals surface area contributed by atoms with Gasteiger partial charge in [0.2, 0.25) is 0 Å². The number of aliphatic hydroxyl groups excluding tert-OH is 1. The van der Waals surface area contributed by atoms with E-state index in [4.69, 9.17) is 14.2 Å². The van der Waals surface area contributed by atoms with Crippen molar-refractivity contribution in [3.8, 4) is 11.5 Å². The summed E-state index contributed by atoms with van der Waals surface area (Å²) in [4.78, 5) is 6.76. The van der Waals surface area contributed by atoms with Crippen molar-refractivity contribution in [3.63, 3.8) is 0 Å². The number of ether oxygens (including phenoxy) is 3. The first kappa shape index (κ1) is 20.4. The molecule has 2 aliphatic rings. The minimum atomic E-state index is -0.307. The number of hydrogen-bond acceptors (Lipinski definition) is 7. The predicted octanol–water partition coefficient (Wildman–Crippen LogP) is 0.513. The fourth-order valence-electron chi connectivity index (χ4n) is 3.77. The molecule has 0 spiro atoms. The van der Waals surface area contributed by atoms with Crippen LogP contribution in [0, 0.1) is 0 Å². The van der Waals surface area contributed by atoms with Gasteiger partial charge in [-0.05, 0) is 31.8 Å². The molecule has 0 amide bonds. The zero-order chi connectivity index (χ0) is 19.2. The van der Waals surface area contributed by atoms with Crippen molar-refractivity contribution >= 4 is 0 Å². The Morgan fingerprint density at radius 3 is 2.67 bits per heavy atom. The van der Waals surface area contributed by atoms with Crippen LogP contribution < -0.4 is 9.47 Å². The largest absolute Gasteiger partial charge is 0.493 e. The van der Waals surface area contributed by atoms with E-state index in [9.17, 15) is 5.11 Å². The molecule has 3 rings (SSSR count). The summed E-state index contributed by atoms with van der Waals surface area (Å²) in [6.07, 6.45) is -0.307. The summed E-state index contributed by atoms with van der Waals surface area (Å²) in [5.41, 5.74) is 1.17. The summed E-state index contributed by atoms with van der Waals surface area (Å²) in [5, 5.41) is 10.5. The summed E-state index contributed by atoms with van der Waals surface area (Å²) in [7, 11) is 5.72. The first-order chi connectivity index (χ1) is 13.1. The van der Waals surface area contributed by atoms with Gasteiger partial charge < -0.3 is 24.2 Å². The molecule has 2 heterocycles. The average Bonchev–Trinajstić information content (AvgIpc) is 3.03. The Balaban J connectivity index is 1.57. The molecular weight excluding hydrogens is 346 g/mol. The second-order valence-electron chi connectivity index (χ2n) is 7.61. The van der Waals surface area contributed by atoms with Gasteiger partial charge in [-0.3, -0.25) is 9.80 Å². The molecule has 152 valence electrons. The molecule has 0 aromatic heterocycles. The van der Waals surface area contributed by atoms with Crippen LogP contribution in [0.5, 0.6) is 11.5 Å². The van der Waals surface area contributed by atoms with Gasteiger partial charge in [-0.25, -0.2) is 0 Å². The zero-order valence-electron chi connectivity index (χ0n) is 16.8. The number of morpholine rings is 1. The Morgan fingerprint density at radius 2 is 1.96 bits per heavy atom. The third-order valence-electron chi connectivity index (χ3n) is 5.28. The molecular formula is C20H33N3O4. The molecule has 1 N–H and O–H groups in total. The Labute approximate surface area is 162 Å². The van der Waals surface area contributed by atoms with E-state index in [-0.39, 0.29) is 12.1 Å². The van der Waals surface area contributed by atoms with Gasteiger partial charge in [0, 0.05) is 45.3 Å². The second-order valence-corrected chi connectivity index (χ2v) is 7.61. The van der Waals surface area contributed by atoms with Crippen molar-refractivity contribution in [1.82, 2.24) is 14.7 Å². The predicted molar refractivity (Wildman–Crippen MR) is 105 cm³/mol. The lowest BCUT2D eigenvalue weighted by Crippen LogP contribution is -2.48. The van der Waals surface area contributed by atoms with Gasteiger partial charge in [-0.2, -0.15) is 0 Å². The molecule has 2 fully saturated rings. The number of likely N-dealkylation sites (tertiary alicyclic amines) is 1. The van der Waals surface area contributed by atoms with E-state index in [1.54, 1.807) is 7.11 Å². The molecule has 7 heteroatoms. The van der Waals surface area contributed by atoms with Crippen LogP contribution in [0.2, 0.25) is 0 Å². The molecule has 0 aliphatic carbocycles. The van der Waals surface area contributed by atoms with Gasteiger partial charge in [0.1, 0.15) is 6.61 Å². The van der Waals surface area contributed by atoms with Crippen LogP contribution >= 0.6 is 0 Å². The molecule has 1 aromatic rings. The van der Waals surface area contributed by atoms with Crippen LogP contribution in [0.3, 0.4) is 0 Å². The molecule has 2 atom stereocenters. The van der Waals surface area contributed by atoms with Gasteiger partial charge in [0.05, 0.1) is 26.4 Å². The summed E-state index contributed by atoms with van der Waals surface area (Å²) in [5.74, 6) is 1.53. The number of aliphatic hydroxyl groups is 1. The van der Waals surface area contributed by atoms with E-state index in [1.165, 1.54) is 5.56 Å². The van der Waals surface area contributed by atoms with E-state index in [0.29, 0.717) is 13.2 Å². The monoisotopic (exact) mass is 379 g/mol. The molecule has 27 heavy (non-hydrogen) atoms. The third-order valence-corrected chi connectivity index (χ3v) is 5.28. The molecule has 0 saturated carbocycles. The quantitative estimate of drug-likeness (QED) is 0.706. The minimum absolute atomic E-state index is 0.199. The van der Waals surface area contributed by atoms with Gasteiger partial charge >= 0.3 is 0 Å². The lowest BCUT2D eigenvalue weighted by molar-refractivity contribution is -0.00618. The zero-order valence-corrected chi connectivity index (χ0v) is 16.8. The molecule has 0 bridgehead atoms. The summed E-state index contributed by atoms with van der Waals surface area (Å²) in [6, 6.07) is 6.31. The van der Waals surface area contributed by atoms with E-state index >= 15 is 0 Å². The highest BCUT2D eigenvalue weighted by atomic mass is 16.5. The van der Waals surface area contributed by atoms with Crippen LogP contribution in [0.25, 0.3) is 0 Å². The number of rotatable bonds is 8. The maximum Gasteiger partial charge on any atom is 0.161 e. The molecule has 0 unspecified atom stereocenters. The maximum atomic E-state index is 10.5. The Hall–Kier alpha value is -1.38. The van der Waals surface area contributed by atoms with E-state index in [0.717, 1.165) is 57.4 Å². The normalized spacial score (nSPS) is 24.5. The van der Waals surface area contributed by atoms with Crippen LogP contribution in [0.4, 0.5) is 0 Å². The third kappa shape index (κ3) is 5.56. The number of benzene rings is 1. The standard InChI is InChI=1S/C20H33N3O4/c1-21(2)6-11-27-19-5-4-16(12-20(19)25-3)13-22-14-17(18(24)15-22)23-7-9-26-10-8-23/h4-5,12,17-18,24H,6-11,13-15H2,1-3H3/t17-,18-/m0/s1. The average molecular weight is 380 g/mol. The number of likely N-dealkylation sites (N-methyl/N-ethyl adjacent to an activating group) is 1. The molecule has 7 nitrogen and oxygen atoms in total. The van der Waals surface area contributed by atoms with Gasteiger partial charge in [0.25, 0.3) is 0 Å². The minimum Gasteiger partial charge on any atom is -0.493 e. The van der Waals surface area contributed by atoms with Crippen molar-refractivity contribution in [3.05, 3.63) is 23.8 Å². The van der Waals surface area contributed by atoms with Crippen LogP contribution in [0.15, 0.2) is 18.2 Å². The Bertz CT molecular complexity index is 593. The lowest BCUT2D eigenvalue weighted by atomic mass is 10.1. The number of nitrogens with zero attached hydrogens (tertiary/aromatic N) is 3. The van der Waals surface area contributed by atoms with E-state index in [1.807, 2.05) is 26.2 Å². The van der Waals surface area contributed by atoms with Crippen molar-refractivity contribution in [2.24, 2.45) is 0 Å². The molecule has 2 aliphatic heterocycles. The van der Waals surface area contributed by atoms with Crippen molar-refractivity contribution in [2.75, 3.05) is 73.7 Å². The second kappa shape index (κ2) is 9.71. The summed E-state index contributed by atoms with van der Waals surface area (Å²) in [6.45, 7) is 7.19. The van der Waals surface area contributed by atoms with Crippen molar-refractivity contribution < 1.29 is 19.3 Å². The van der Waals surface area contributed by atoms with Gasteiger partial charge in [-0.15, -0.1) is 0 Å². The first-order valence-electron chi connectivity index (χ1n) is 9.73. The van der Waals surface area contributed by atoms with E-state index < -0.39 is 0 Å². The number of hydrogen-bond donors (Lipinski definition) is 1. The fourth-order valence-corrected chi connectivity index (χ4v) is 3.77. The maximum absolute atomic E-state index is 10.5. The Morgan fingerprint density at radius 1 is 1.19 bits per heavy atom. The fraction of sp³-hybridized carbons (Fsp3) is 0.700. The van der Waals surface area contributed by atoms with Crippen molar-refractivity contribution in [1.29, 1.82) is 0 Å². The summed E-state index contributed by atoms with van der Waals surface area (Å²) < 4.78 is 16.8. The smallest absolute Gasteiger partial charge is 0.161 e. The van der Waals surface area contributed by atoms with Gasteiger partial charge in [-0.1, -0.05) is 6.07 Å². The number of methoxy groups -OCH3 is 1. The van der Waals surface area contributed by atoms with E-state index in [2.05, 4.69) is 20.8 Å². The van der Waals surface area contributed by atoms with Crippen molar-refractivity contribution in [2.45, 2.75) is 18.7 Å². The highest BCUT2D eigenvalue weighted by Crippen LogP contribution is 2.29. The van der Waals surface area contributed by atoms with Crippen LogP contribution in [0.1, 0.15) is 5.56 Å². The number of β-amino-alcohol motifs (C(OH)–C–C–N with tert-alkyl or cyclic N) is 1. The molecule has 2 saturated heterocycles. The highest BCUT2D eigenvalue weighted by molar-refractivity contribution is 5.43. The summed E-state index contributed by atoms with van der Waals surface area (Å²) >= 11 is 0. The van der Waals surface area contributed by atoms with Crippen LogP contribution in [-0.2, 0) is 11.3 Å². The molecule has 1 aromatic carbocycles. The topological polar surface area (TPSA) is 57.6 Å².